The fraction of sp³-hybridized carbons (Fsp3) is 0.353. The topological polar surface area (TPSA) is 29.1 Å². The second-order valence-electron chi connectivity index (χ2n) is 5.31. The highest BCUT2D eigenvalue weighted by Gasteiger charge is 2.12. The number of hydrogen-bond acceptors (Lipinski definition) is 2. The van der Waals surface area contributed by atoms with Crippen molar-refractivity contribution in [1.82, 2.24) is 5.32 Å². The van der Waals surface area contributed by atoms with Gasteiger partial charge in [0.1, 0.15) is 0 Å². The molecule has 0 radical (unpaired) electrons. The molecule has 0 aliphatic heterocycles. The summed E-state index contributed by atoms with van der Waals surface area (Å²) >= 11 is 1.74. The van der Waals surface area contributed by atoms with Crippen LogP contribution < -0.4 is 5.32 Å². The fourth-order valence-corrected chi connectivity index (χ4v) is 3.47. The normalized spacial score (nSPS) is 13.2. The average molecular weight is 285 g/mol. The molecule has 0 atom stereocenters. The third kappa shape index (κ3) is 3.28. The highest BCUT2D eigenvalue weighted by atomic mass is 32.1. The van der Waals surface area contributed by atoms with Gasteiger partial charge in [-0.2, -0.15) is 0 Å². The van der Waals surface area contributed by atoms with Crippen molar-refractivity contribution >= 4 is 17.2 Å². The van der Waals surface area contributed by atoms with Crippen LogP contribution in [0, 0.1) is 0 Å². The maximum absolute atomic E-state index is 11.9. The molecular formula is C17H19NOS. The minimum absolute atomic E-state index is 0.125. The molecule has 1 heterocycles. The number of carbonyl (C=O) groups is 1. The summed E-state index contributed by atoms with van der Waals surface area (Å²) in [5, 5.41) is 5.08. The average Bonchev–Trinajstić information content (AvgIpc) is 3.08. The summed E-state index contributed by atoms with van der Waals surface area (Å²) in [4.78, 5) is 13.3. The summed E-state index contributed by atoms with van der Waals surface area (Å²) in [7, 11) is 0. The standard InChI is InChI=1S/C17H19NOS/c19-17(18-9-8-16-5-2-10-20-16)12-13-6-7-14-3-1-4-15(14)11-13/h2,5-7,10-11H,1,3-4,8-9,12H2,(H,18,19). The molecule has 0 saturated heterocycles. The van der Waals surface area contributed by atoms with Crippen LogP contribution >= 0.6 is 11.3 Å². The molecule has 2 aromatic rings. The van der Waals surface area contributed by atoms with Crippen LogP contribution in [0.3, 0.4) is 0 Å². The number of carbonyl (C=O) groups excluding carboxylic acids is 1. The van der Waals surface area contributed by atoms with Gasteiger partial charge in [-0.25, -0.2) is 0 Å². The zero-order chi connectivity index (χ0) is 13.8. The predicted molar refractivity (Wildman–Crippen MR) is 83.2 cm³/mol. The second-order valence-corrected chi connectivity index (χ2v) is 6.34. The number of rotatable bonds is 5. The Morgan fingerprint density at radius 2 is 2.10 bits per heavy atom. The van der Waals surface area contributed by atoms with Gasteiger partial charge in [-0.05, 0) is 53.8 Å². The van der Waals surface area contributed by atoms with E-state index in [1.807, 2.05) is 6.07 Å². The number of aryl methyl sites for hydroxylation is 2. The molecule has 2 nitrogen and oxygen atoms in total. The molecule has 0 bridgehead atoms. The second kappa shape index (κ2) is 6.23. The molecule has 0 fully saturated rings. The number of thiophene rings is 1. The van der Waals surface area contributed by atoms with Crippen LogP contribution in [-0.2, 0) is 30.5 Å². The first kappa shape index (κ1) is 13.4. The minimum atomic E-state index is 0.125. The highest BCUT2D eigenvalue weighted by Crippen LogP contribution is 2.22. The molecule has 3 rings (SSSR count). The van der Waals surface area contributed by atoms with E-state index in [0.29, 0.717) is 6.42 Å². The van der Waals surface area contributed by atoms with E-state index >= 15 is 0 Å². The van der Waals surface area contributed by atoms with Gasteiger partial charge >= 0.3 is 0 Å². The van der Waals surface area contributed by atoms with Crippen LogP contribution in [0.5, 0.6) is 0 Å². The summed E-state index contributed by atoms with van der Waals surface area (Å²) in [6.45, 7) is 0.726. The Hall–Kier alpha value is -1.61. The van der Waals surface area contributed by atoms with Crippen LogP contribution in [0.1, 0.15) is 28.0 Å². The third-order valence-corrected chi connectivity index (χ3v) is 4.74. The zero-order valence-corrected chi connectivity index (χ0v) is 12.3. The van der Waals surface area contributed by atoms with Crippen molar-refractivity contribution in [2.24, 2.45) is 0 Å². The van der Waals surface area contributed by atoms with Crippen LogP contribution in [0.15, 0.2) is 35.7 Å². The molecular weight excluding hydrogens is 266 g/mol. The smallest absolute Gasteiger partial charge is 0.224 e. The minimum Gasteiger partial charge on any atom is -0.355 e. The summed E-state index contributed by atoms with van der Waals surface area (Å²) < 4.78 is 0. The number of fused-ring (bicyclic) bond motifs is 1. The summed E-state index contributed by atoms with van der Waals surface area (Å²) in [5.74, 6) is 0.125. The van der Waals surface area contributed by atoms with Gasteiger partial charge in [-0.15, -0.1) is 11.3 Å². The monoisotopic (exact) mass is 285 g/mol. The molecule has 1 aliphatic carbocycles. The Balaban J connectivity index is 1.49. The molecule has 1 aromatic heterocycles. The summed E-state index contributed by atoms with van der Waals surface area (Å²) in [5.41, 5.74) is 4.04. The van der Waals surface area contributed by atoms with Crippen LogP contribution in [0.4, 0.5) is 0 Å². The molecule has 104 valence electrons. The van der Waals surface area contributed by atoms with Gasteiger partial charge in [0.2, 0.25) is 5.91 Å². The fourth-order valence-electron chi connectivity index (χ4n) is 2.76. The van der Waals surface area contributed by atoms with Crippen LogP contribution in [0.25, 0.3) is 0 Å². The molecule has 0 saturated carbocycles. The molecule has 0 unspecified atom stereocenters. The van der Waals surface area contributed by atoms with E-state index < -0.39 is 0 Å². The molecule has 1 N–H and O–H groups in total. The number of benzene rings is 1. The van der Waals surface area contributed by atoms with Gasteiger partial charge in [0.15, 0.2) is 0 Å². The maximum Gasteiger partial charge on any atom is 0.224 e. The lowest BCUT2D eigenvalue weighted by atomic mass is 10.0. The van der Waals surface area contributed by atoms with Gasteiger partial charge in [0, 0.05) is 11.4 Å². The first-order chi connectivity index (χ1) is 9.81. The van der Waals surface area contributed by atoms with Crippen molar-refractivity contribution in [2.45, 2.75) is 32.1 Å². The largest absolute Gasteiger partial charge is 0.355 e. The maximum atomic E-state index is 11.9. The quantitative estimate of drug-likeness (QED) is 0.898. The Labute approximate surface area is 123 Å². The number of hydrogen-bond donors (Lipinski definition) is 1. The van der Waals surface area contributed by atoms with Crippen molar-refractivity contribution in [1.29, 1.82) is 0 Å². The van der Waals surface area contributed by atoms with E-state index in [9.17, 15) is 4.79 Å². The van der Waals surface area contributed by atoms with Gasteiger partial charge in [0.25, 0.3) is 0 Å². The Kier molecular flexibility index (Phi) is 4.16. The lowest BCUT2D eigenvalue weighted by Gasteiger charge is -2.06. The van der Waals surface area contributed by atoms with Gasteiger partial charge in [0.05, 0.1) is 6.42 Å². The van der Waals surface area contributed by atoms with Gasteiger partial charge in [-0.3, -0.25) is 4.79 Å². The first-order valence-electron chi connectivity index (χ1n) is 7.21. The third-order valence-electron chi connectivity index (χ3n) is 3.80. The Morgan fingerprint density at radius 1 is 1.20 bits per heavy atom. The molecule has 1 aromatic carbocycles. The zero-order valence-electron chi connectivity index (χ0n) is 11.5. The van der Waals surface area contributed by atoms with Crippen molar-refractivity contribution in [3.63, 3.8) is 0 Å². The van der Waals surface area contributed by atoms with Crippen molar-refractivity contribution in [3.8, 4) is 0 Å². The summed E-state index contributed by atoms with van der Waals surface area (Å²) in [6, 6.07) is 10.7. The lowest BCUT2D eigenvalue weighted by Crippen LogP contribution is -2.27. The van der Waals surface area contributed by atoms with E-state index in [1.54, 1.807) is 11.3 Å². The highest BCUT2D eigenvalue weighted by molar-refractivity contribution is 7.09. The molecule has 3 heteroatoms. The van der Waals surface area contributed by atoms with Crippen LogP contribution in [-0.4, -0.2) is 12.5 Å². The SMILES string of the molecule is O=C(Cc1ccc2c(c1)CCC2)NCCc1cccs1. The molecule has 1 aliphatic rings. The van der Waals surface area contributed by atoms with Crippen molar-refractivity contribution in [2.75, 3.05) is 6.54 Å². The first-order valence-corrected chi connectivity index (χ1v) is 8.09. The summed E-state index contributed by atoms with van der Waals surface area (Å²) in [6.07, 6.45) is 5.04. The lowest BCUT2D eigenvalue weighted by molar-refractivity contribution is -0.120. The number of amides is 1. The van der Waals surface area contributed by atoms with Gasteiger partial charge in [-0.1, -0.05) is 24.3 Å². The van der Waals surface area contributed by atoms with E-state index in [2.05, 4.69) is 35.0 Å². The molecule has 1 amide bonds. The van der Waals surface area contributed by atoms with Crippen molar-refractivity contribution < 1.29 is 4.79 Å². The van der Waals surface area contributed by atoms with Crippen LogP contribution in [0.2, 0.25) is 0 Å². The molecule has 0 spiro atoms. The van der Waals surface area contributed by atoms with Gasteiger partial charge < -0.3 is 5.32 Å². The molecule has 20 heavy (non-hydrogen) atoms. The van der Waals surface area contributed by atoms with E-state index in [0.717, 1.165) is 18.5 Å². The Bertz CT molecular complexity index is 589. The van der Waals surface area contributed by atoms with E-state index in [-0.39, 0.29) is 5.91 Å². The Morgan fingerprint density at radius 3 is 2.95 bits per heavy atom. The van der Waals surface area contributed by atoms with E-state index in [1.165, 1.54) is 35.3 Å². The van der Waals surface area contributed by atoms with E-state index in [4.69, 9.17) is 0 Å². The van der Waals surface area contributed by atoms with Crippen molar-refractivity contribution in [3.05, 3.63) is 57.3 Å². The number of nitrogens with one attached hydrogen (secondary N) is 1. The predicted octanol–water partition coefficient (Wildman–Crippen LogP) is 3.14.